The van der Waals surface area contributed by atoms with Crippen LogP contribution in [0.2, 0.25) is 0 Å². The second-order valence-electron chi connectivity index (χ2n) is 3.77. The molecule has 0 spiro atoms. The number of hydrogen-bond donors (Lipinski definition) is 1. The number of halogens is 2. The molecule has 0 heterocycles. The number of benzene rings is 1. The molecule has 1 aromatic rings. The van der Waals surface area contributed by atoms with Gasteiger partial charge < -0.3 is 10.1 Å². The van der Waals surface area contributed by atoms with E-state index in [0.29, 0.717) is 6.61 Å². The van der Waals surface area contributed by atoms with Crippen LogP contribution in [0.5, 0.6) is 0 Å². The molecule has 0 fully saturated rings. The number of rotatable bonds is 5. The summed E-state index contributed by atoms with van der Waals surface area (Å²) < 4.78 is 40.9. The second kappa shape index (κ2) is 6.31. The summed E-state index contributed by atoms with van der Waals surface area (Å²) in [5.41, 5.74) is -0.234. The smallest absolute Gasteiger partial charge is 0.261 e. The minimum atomic E-state index is -4.11. The molecule has 1 aromatic carbocycles. The van der Waals surface area contributed by atoms with Crippen LogP contribution in [0.3, 0.4) is 0 Å². The first kappa shape index (κ1) is 15.9. The quantitative estimate of drug-likeness (QED) is 0.660. The zero-order valence-corrected chi connectivity index (χ0v) is 11.9. The highest BCUT2D eigenvalue weighted by atomic mass is 35.7. The molecule has 0 unspecified atom stereocenters. The molecular formula is C11H13ClFNO4S. The van der Waals surface area contributed by atoms with Gasteiger partial charge in [-0.3, -0.25) is 4.79 Å². The summed E-state index contributed by atoms with van der Waals surface area (Å²) in [5.74, 6) is -1.41. The van der Waals surface area contributed by atoms with Crippen LogP contribution in [0.15, 0.2) is 17.0 Å². The fraction of sp³-hybridized carbons (Fsp3) is 0.364. The number of carbonyl (C=O) groups excluding carboxylic acids is 1. The summed E-state index contributed by atoms with van der Waals surface area (Å²) in [6.07, 6.45) is 0. The molecule has 0 aliphatic heterocycles. The first-order valence-corrected chi connectivity index (χ1v) is 7.60. The van der Waals surface area contributed by atoms with Crippen molar-refractivity contribution in [3.05, 3.63) is 29.1 Å². The predicted molar refractivity (Wildman–Crippen MR) is 68.4 cm³/mol. The molecule has 5 nitrogen and oxygen atoms in total. The van der Waals surface area contributed by atoms with E-state index in [9.17, 15) is 17.6 Å². The molecule has 0 saturated heterocycles. The SMILES string of the molecule is COCCNC(=O)c1cc(F)c(C)c(S(=O)(=O)Cl)c1. The molecule has 19 heavy (non-hydrogen) atoms. The molecule has 0 radical (unpaired) electrons. The van der Waals surface area contributed by atoms with E-state index in [4.69, 9.17) is 15.4 Å². The largest absolute Gasteiger partial charge is 0.383 e. The number of hydrogen-bond acceptors (Lipinski definition) is 4. The van der Waals surface area contributed by atoms with E-state index in [1.165, 1.54) is 14.0 Å². The maximum atomic E-state index is 13.6. The zero-order valence-electron chi connectivity index (χ0n) is 10.4. The van der Waals surface area contributed by atoms with Gasteiger partial charge in [0.1, 0.15) is 5.82 Å². The minimum absolute atomic E-state index is 0.113. The van der Waals surface area contributed by atoms with Crippen LogP contribution >= 0.6 is 10.7 Å². The topological polar surface area (TPSA) is 72.5 Å². The molecule has 0 atom stereocenters. The van der Waals surface area contributed by atoms with Gasteiger partial charge in [0.25, 0.3) is 15.0 Å². The third-order valence-electron chi connectivity index (χ3n) is 2.41. The van der Waals surface area contributed by atoms with Crippen molar-refractivity contribution in [2.75, 3.05) is 20.3 Å². The Kier molecular flexibility index (Phi) is 5.28. The van der Waals surface area contributed by atoms with Crippen molar-refractivity contribution in [2.24, 2.45) is 0 Å². The first-order chi connectivity index (χ1) is 8.77. The predicted octanol–water partition coefficient (Wildman–Crippen LogP) is 1.44. The minimum Gasteiger partial charge on any atom is -0.383 e. The van der Waals surface area contributed by atoms with Gasteiger partial charge in [-0.25, -0.2) is 12.8 Å². The van der Waals surface area contributed by atoms with Crippen LogP contribution in [-0.4, -0.2) is 34.6 Å². The summed E-state index contributed by atoms with van der Waals surface area (Å²) in [5, 5.41) is 2.46. The molecule has 1 rings (SSSR count). The number of methoxy groups -OCH3 is 1. The molecule has 0 bridgehead atoms. The Labute approximate surface area is 115 Å². The molecule has 0 aliphatic carbocycles. The normalized spacial score (nSPS) is 11.4. The Balaban J connectivity index is 3.11. The third-order valence-corrected chi connectivity index (χ3v) is 3.86. The van der Waals surface area contributed by atoms with Gasteiger partial charge in [0.15, 0.2) is 0 Å². The standard InChI is InChI=1S/C11H13ClFNO4S/c1-7-9(13)5-8(6-10(7)19(12,16)17)11(15)14-3-4-18-2/h5-6H,3-4H2,1-2H3,(H,14,15). The number of ether oxygens (including phenoxy) is 1. The van der Waals surface area contributed by atoms with Crippen molar-refractivity contribution in [1.82, 2.24) is 5.32 Å². The Morgan fingerprint density at radius 3 is 2.63 bits per heavy atom. The summed E-state index contributed by atoms with van der Waals surface area (Å²) in [7, 11) is 2.55. The van der Waals surface area contributed by atoms with Gasteiger partial charge in [-0.05, 0) is 19.1 Å². The third kappa shape index (κ3) is 4.15. The molecule has 1 amide bonds. The van der Waals surface area contributed by atoms with Crippen LogP contribution in [0.1, 0.15) is 15.9 Å². The van der Waals surface area contributed by atoms with Crippen LogP contribution in [0.25, 0.3) is 0 Å². The second-order valence-corrected chi connectivity index (χ2v) is 6.30. The molecule has 8 heteroatoms. The highest BCUT2D eigenvalue weighted by Crippen LogP contribution is 2.23. The van der Waals surface area contributed by atoms with Crippen LogP contribution < -0.4 is 5.32 Å². The number of carbonyl (C=O) groups is 1. The molecule has 0 saturated carbocycles. The van der Waals surface area contributed by atoms with Crippen molar-refractivity contribution in [3.63, 3.8) is 0 Å². The lowest BCUT2D eigenvalue weighted by Crippen LogP contribution is -2.27. The molecule has 1 N–H and O–H groups in total. The maximum absolute atomic E-state index is 13.6. The van der Waals surface area contributed by atoms with Crippen molar-refractivity contribution >= 4 is 25.6 Å². The van der Waals surface area contributed by atoms with Gasteiger partial charge in [0.2, 0.25) is 0 Å². The fourth-order valence-electron chi connectivity index (χ4n) is 1.41. The van der Waals surface area contributed by atoms with Gasteiger partial charge in [-0.2, -0.15) is 0 Å². The molecular weight excluding hydrogens is 297 g/mol. The van der Waals surface area contributed by atoms with E-state index in [1.807, 2.05) is 0 Å². The van der Waals surface area contributed by atoms with Crippen LogP contribution in [0, 0.1) is 12.7 Å². The van der Waals surface area contributed by atoms with E-state index < -0.39 is 25.7 Å². The van der Waals surface area contributed by atoms with Crippen LogP contribution in [-0.2, 0) is 13.8 Å². The Hall–Kier alpha value is -1.18. The Bertz CT molecular complexity index is 589. The number of nitrogens with one attached hydrogen (secondary N) is 1. The summed E-state index contributed by atoms with van der Waals surface area (Å²) in [4.78, 5) is 11.3. The van der Waals surface area contributed by atoms with Gasteiger partial charge in [0, 0.05) is 35.5 Å². The lowest BCUT2D eigenvalue weighted by Gasteiger charge is -2.08. The van der Waals surface area contributed by atoms with E-state index in [0.717, 1.165) is 12.1 Å². The van der Waals surface area contributed by atoms with Crippen molar-refractivity contribution < 1.29 is 22.3 Å². The van der Waals surface area contributed by atoms with Crippen LogP contribution in [0.4, 0.5) is 4.39 Å². The first-order valence-electron chi connectivity index (χ1n) is 5.29. The van der Waals surface area contributed by atoms with Gasteiger partial charge in [0.05, 0.1) is 11.5 Å². The summed E-state index contributed by atoms with van der Waals surface area (Å²) >= 11 is 0. The fourth-order valence-corrected chi connectivity index (χ4v) is 2.62. The highest BCUT2D eigenvalue weighted by molar-refractivity contribution is 8.13. The van der Waals surface area contributed by atoms with Crippen molar-refractivity contribution in [2.45, 2.75) is 11.8 Å². The maximum Gasteiger partial charge on any atom is 0.261 e. The molecule has 0 aromatic heterocycles. The Morgan fingerprint density at radius 2 is 2.11 bits per heavy atom. The average Bonchev–Trinajstić information content (AvgIpc) is 2.31. The number of amides is 1. The Morgan fingerprint density at radius 1 is 1.47 bits per heavy atom. The van der Waals surface area contributed by atoms with Gasteiger partial charge in [-0.15, -0.1) is 0 Å². The summed E-state index contributed by atoms with van der Waals surface area (Å²) in [6.45, 7) is 1.80. The molecule has 106 valence electrons. The van der Waals surface area contributed by atoms with E-state index in [1.54, 1.807) is 0 Å². The lowest BCUT2D eigenvalue weighted by atomic mass is 10.1. The van der Waals surface area contributed by atoms with Gasteiger partial charge in [-0.1, -0.05) is 0 Å². The van der Waals surface area contributed by atoms with E-state index >= 15 is 0 Å². The van der Waals surface area contributed by atoms with Gasteiger partial charge >= 0.3 is 0 Å². The van der Waals surface area contributed by atoms with E-state index in [-0.39, 0.29) is 17.7 Å². The monoisotopic (exact) mass is 309 g/mol. The highest BCUT2D eigenvalue weighted by Gasteiger charge is 2.20. The van der Waals surface area contributed by atoms with E-state index in [2.05, 4.69) is 5.32 Å². The molecule has 0 aliphatic rings. The van der Waals surface area contributed by atoms with Crippen molar-refractivity contribution in [3.8, 4) is 0 Å². The zero-order chi connectivity index (χ0) is 14.6. The van der Waals surface area contributed by atoms with Crippen molar-refractivity contribution in [1.29, 1.82) is 0 Å². The lowest BCUT2D eigenvalue weighted by molar-refractivity contribution is 0.0936. The average molecular weight is 310 g/mol. The summed E-state index contributed by atoms with van der Waals surface area (Å²) in [6, 6.07) is 2.01.